The third-order valence-corrected chi connectivity index (χ3v) is 4.70. The number of fused-ring (bicyclic) bond motifs is 1. The van der Waals surface area contributed by atoms with Gasteiger partial charge in [-0.25, -0.2) is 0 Å². The molecule has 2 rings (SSSR count). The minimum atomic E-state index is 0.300. The summed E-state index contributed by atoms with van der Waals surface area (Å²) in [6.45, 7) is 14.5. The fourth-order valence-corrected chi connectivity index (χ4v) is 3.12. The van der Waals surface area contributed by atoms with Gasteiger partial charge in [0.05, 0.1) is 6.61 Å². The molecule has 0 aliphatic carbocycles. The van der Waals surface area contributed by atoms with Crippen LogP contribution >= 0.6 is 0 Å². The van der Waals surface area contributed by atoms with E-state index in [1.807, 2.05) is 6.07 Å². The summed E-state index contributed by atoms with van der Waals surface area (Å²) >= 11 is 0. The average molecular weight is 329 g/mol. The van der Waals surface area contributed by atoms with Gasteiger partial charge in [0.15, 0.2) is 0 Å². The van der Waals surface area contributed by atoms with Crippen LogP contribution in [-0.4, -0.2) is 36.2 Å². The number of hydrogen-bond donors (Lipinski definition) is 1. The third kappa shape index (κ3) is 4.21. The van der Waals surface area contributed by atoms with Crippen molar-refractivity contribution >= 4 is 10.8 Å². The second kappa shape index (κ2) is 8.39. The summed E-state index contributed by atoms with van der Waals surface area (Å²) < 4.78 is 6.11. The molecule has 0 spiro atoms. The molecule has 0 atom stereocenters. The van der Waals surface area contributed by atoms with E-state index in [1.165, 1.54) is 0 Å². The Hall–Kier alpha value is -1.74. The van der Waals surface area contributed by atoms with Crippen LogP contribution in [0, 0.1) is 6.92 Å². The molecule has 0 heterocycles. The predicted molar refractivity (Wildman–Crippen MR) is 102 cm³/mol. The Morgan fingerprint density at radius 2 is 1.83 bits per heavy atom. The second-order valence-electron chi connectivity index (χ2n) is 6.73. The van der Waals surface area contributed by atoms with Gasteiger partial charge in [0.1, 0.15) is 11.5 Å². The van der Waals surface area contributed by atoms with Gasteiger partial charge in [0.2, 0.25) is 0 Å². The molecule has 0 fully saturated rings. The summed E-state index contributed by atoms with van der Waals surface area (Å²) in [6, 6.07) is 8.15. The van der Waals surface area contributed by atoms with Crippen LogP contribution in [0.2, 0.25) is 0 Å². The van der Waals surface area contributed by atoms with E-state index in [0.29, 0.717) is 18.3 Å². The molecule has 1 N–H and O–H groups in total. The van der Waals surface area contributed by atoms with Gasteiger partial charge < -0.3 is 14.7 Å². The van der Waals surface area contributed by atoms with Crippen molar-refractivity contribution in [1.82, 2.24) is 4.90 Å². The Labute approximate surface area is 146 Å². The molecule has 3 heteroatoms. The quantitative estimate of drug-likeness (QED) is 0.685. The lowest BCUT2D eigenvalue weighted by Crippen LogP contribution is -2.25. The molecule has 24 heavy (non-hydrogen) atoms. The third-order valence-electron chi connectivity index (χ3n) is 4.70. The maximum Gasteiger partial charge on any atom is 0.130 e. The molecular weight excluding hydrogens is 298 g/mol. The Morgan fingerprint density at radius 1 is 1.12 bits per heavy atom. The fourth-order valence-electron chi connectivity index (χ4n) is 3.12. The van der Waals surface area contributed by atoms with E-state index >= 15 is 0 Å². The molecule has 2 aromatic carbocycles. The molecule has 0 unspecified atom stereocenters. The van der Waals surface area contributed by atoms with Crippen LogP contribution in [0.5, 0.6) is 11.5 Å². The van der Waals surface area contributed by atoms with Crippen LogP contribution in [0.1, 0.15) is 51.2 Å². The maximum atomic E-state index is 10.3. The molecule has 0 saturated carbocycles. The molecule has 0 aliphatic heterocycles. The molecular formula is C21H31NO2. The number of aromatic hydroxyl groups is 1. The summed E-state index contributed by atoms with van der Waals surface area (Å²) in [7, 11) is 0. The van der Waals surface area contributed by atoms with Crippen molar-refractivity contribution in [2.24, 2.45) is 0 Å². The van der Waals surface area contributed by atoms with Gasteiger partial charge in [0.25, 0.3) is 0 Å². The molecule has 0 saturated heterocycles. The van der Waals surface area contributed by atoms with Gasteiger partial charge >= 0.3 is 0 Å². The summed E-state index contributed by atoms with van der Waals surface area (Å²) in [4.78, 5) is 2.40. The summed E-state index contributed by atoms with van der Waals surface area (Å²) in [5.41, 5.74) is 2.10. The number of benzene rings is 2. The number of phenolic OH excluding ortho intramolecular Hbond substituents is 1. The molecule has 3 nitrogen and oxygen atoms in total. The largest absolute Gasteiger partial charge is 0.508 e. The highest BCUT2D eigenvalue weighted by Gasteiger charge is 2.12. The van der Waals surface area contributed by atoms with Gasteiger partial charge in [-0.05, 0) is 61.0 Å². The van der Waals surface area contributed by atoms with E-state index in [2.05, 4.69) is 57.7 Å². The highest BCUT2D eigenvalue weighted by Crippen LogP contribution is 2.36. The van der Waals surface area contributed by atoms with Crippen molar-refractivity contribution in [3.8, 4) is 11.5 Å². The first-order valence-electron chi connectivity index (χ1n) is 9.09. The number of rotatable bonds is 8. The maximum absolute atomic E-state index is 10.3. The van der Waals surface area contributed by atoms with E-state index in [9.17, 15) is 5.11 Å². The lowest BCUT2D eigenvalue weighted by molar-refractivity contribution is 0.250. The van der Waals surface area contributed by atoms with E-state index in [-0.39, 0.29) is 0 Å². The molecule has 0 amide bonds. The lowest BCUT2D eigenvalue weighted by Gasteiger charge is -2.19. The van der Waals surface area contributed by atoms with Crippen molar-refractivity contribution in [3.63, 3.8) is 0 Å². The van der Waals surface area contributed by atoms with Gasteiger partial charge in [0, 0.05) is 11.9 Å². The normalized spacial score (nSPS) is 11.6. The first-order valence-corrected chi connectivity index (χ1v) is 9.09. The van der Waals surface area contributed by atoms with Crippen molar-refractivity contribution in [3.05, 3.63) is 35.4 Å². The number of ether oxygens (including phenoxy) is 1. The van der Waals surface area contributed by atoms with E-state index in [0.717, 1.165) is 53.7 Å². The zero-order valence-corrected chi connectivity index (χ0v) is 15.7. The SMILES string of the molecule is CCN(CC)CCCOc1c(C)ccc2cc(C(C)C)c(O)cc12. The van der Waals surface area contributed by atoms with Crippen LogP contribution in [0.15, 0.2) is 24.3 Å². The zero-order chi connectivity index (χ0) is 17.7. The summed E-state index contributed by atoms with van der Waals surface area (Å²) in [6.07, 6.45) is 1.01. The molecule has 0 radical (unpaired) electrons. The van der Waals surface area contributed by atoms with Gasteiger partial charge in [-0.15, -0.1) is 0 Å². The van der Waals surface area contributed by atoms with E-state index in [4.69, 9.17) is 4.74 Å². The highest BCUT2D eigenvalue weighted by atomic mass is 16.5. The smallest absolute Gasteiger partial charge is 0.130 e. The fraction of sp³-hybridized carbons (Fsp3) is 0.524. The first-order chi connectivity index (χ1) is 11.5. The van der Waals surface area contributed by atoms with Crippen molar-refractivity contribution in [1.29, 1.82) is 0 Å². The van der Waals surface area contributed by atoms with Gasteiger partial charge in [-0.3, -0.25) is 0 Å². The molecule has 2 aromatic rings. The summed E-state index contributed by atoms with van der Waals surface area (Å²) in [5, 5.41) is 12.5. The minimum Gasteiger partial charge on any atom is -0.508 e. The number of phenols is 1. The zero-order valence-electron chi connectivity index (χ0n) is 15.7. The number of nitrogens with zero attached hydrogens (tertiary/aromatic N) is 1. The van der Waals surface area contributed by atoms with Crippen molar-refractivity contribution in [2.75, 3.05) is 26.2 Å². The number of hydrogen-bond acceptors (Lipinski definition) is 3. The molecule has 132 valence electrons. The van der Waals surface area contributed by atoms with E-state index < -0.39 is 0 Å². The molecule has 0 aromatic heterocycles. The van der Waals surface area contributed by atoms with Crippen LogP contribution < -0.4 is 4.74 Å². The standard InChI is InChI=1S/C21H31NO2/c1-6-22(7-2)11-8-12-24-21-16(5)9-10-17-13-18(15(3)4)20(23)14-19(17)21/h9-10,13-15,23H,6-8,11-12H2,1-5H3. The van der Waals surface area contributed by atoms with Crippen LogP contribution in [0.4, 0.5) is 0 Å². The molecule has 0 bridgehead atoms. The van der Waals surface area contributed by atoms with Gasteiger partial charge in [-0.1, -0.05) is 39.8 Å². The first kappa shape index (κ1) is 18.6. The number of aryl methyl sites for hydroxylation is 1. The minimum absolute atomic E-state index is 0.300. The average Bonchev–Trinajstić information content (AvgIpc) is 2.56. The van der Waals surface area contributed by atoms with E-state index in [1.54, 1.807) is 0 Å². The Balaban J connectivity index is 2.20. The summed E-state index contributed by atoms with van der Waals surface area (Å²) in [5.74, 6) is 1.56. The van der Waals surface area contributed by atoms with Crippen LogP contribution in [-0.2, 0) is 0 Å². The lowest BCUT2D eigenvalue weighted by atomic mass is 9.96. The molecule has 0 aliphatic rings. The van der Waals surface area contributed by atoms with Crippen LogP contribution in [0.3, 0.4) is 0 Å². The monoisotopic (exact) mass is 329 g/mol. The van der Waals surface area contributed by atoms with Crippen LogP contribution in [0.25, 0.3) is 10.8 Å². The second-order valence-corrected chi connectivity index (χ2v) is 6.73. The van der Waals surface area contributed by atoms with Crippen molar-refractivity contribution < 1.29 is 9.84 Å². The Bertz CT molecular complexity index is 675. The highest BCUT2D eigenvalue weighted by molar-refractivity contribution is 5.91. The predicted octanol–water partition coefficient (Wildman–Crippen LogP) is 5.09. The topological polar surface area (TPSA) is 32.7 Å². The Morgan fingerprint density at radius 3 is 2.46 bits per heavy atom. The van der Waals surface area contributed by atoms with Gasteiger partial charge in [-0.2, -0.15) is 0 Å². The Kier molecular flexibility index (Phi) is 6.50. The van der Waals surface area contributed by atoms with Crippen molar-refractivity contribution in [2.45, 2.75) is 47.0 Å².